The molecule has 3 nitrogen and oxygen atoms in total. The number of thiazole rings is 1. The van der Waals surface area contributed by atoms with Gasteiger partial charge in [-0.2, -0.15) is 0 Å². The molecule has 2 aromatic rings. The second-order valence-corrected chi connectivity index (χ2v) is 7.42. The third-order valence-electron chi connectivity index (χ3n) is 4.41. The number of likely N-dealkylation sites (tertiary alicyclic amines) is 1. The number of aryl methyl sites for hydroxylation is 1. The van der Waals surface area contributed by atoms with Crippen LogP contribution in [0, 0.1) is 6.92 Å². The van der Waals surface area contributed by atoms with E-state index in [4.69, 9.17) is 0 Å². The third kappa shape index (κ3) is 4.41. The van der Waals surface area contributed by atoms with Crippen molar-refractivity contribution < 1.29 is 4.79 Å². The zero-order valence-corrected chi connectivity index (χ0v) is 14.6. The Morgan fingerprint density at radius 1 is 1.13 bits per heavy atom. The molecule has 0 bridgehead atoms. The highest BCUT2D eigenvalue weighted by atomic mass is 32.1. The number of carbonyl (C=O) groups excluding carboxylic acids is 1. The lowest BCUT2D eigenvalue weighted by Crippen LogP contribution is -2.33. The van der Waals surface area contributed by atoms with Gasteiger partial charge < -0.3 is 4.90 Å². The summed E-state index contributed by atoms with van der Waals surface area (Å²) in [5, 5.41) is 1.10. The van der Waals surface area contributed by atoms with Gasteiger partial charge in [0.15, 0.2) is 0 Å². The van der Waals surface area contributed by atoms with Gasteiger partial charge in [-0.15, -0.1) is 11.3 Å². The Bertz CT molecular complexity index is 643. The number of carbonyl (C=O) groups is 1. The highest BCUT2D eigenvalue weighted by Crippen LogP contribution is 2.22. The largest absolute Gasteiger partial charge is 0.342 e. The molecule has 0 radical (unpaired) electrons. The van der Waals surface area contributed by atoms with Crippen molar-refractivity contribution in [1.29, 1.82) is 0 Å². The molecule has 0 atom stereocenters. The smallest absolute Gasteiger partial charge is 0.227 e. The average Bonchev–Trinajstić information content (AvgIpc) is 2.77. The quantitative estimate of drug-likeness (QED) is 0.850. The number of hydrogen-bond donors (Lipinski definition) is 0. The van der Waals surface area contributed by atoms with Crippen molar-refractivity contribution in [3.05, 3.63) is 51.5 Å². The van der Waals surface area contributed by atoms with Crippen LogP contribution in [-0.4, -0.2) is 28.9 Å². The fourth-order valence-electron chi connectivity index (χ4n) is 3.07. The molecular formula is C19H24N2OS. The van der Waals surface area contributed by atoms with Crippen molar-refractivity contribution in [3.8, 4) is 0 Å². The highest BCUT2D eigenvalue weighted by Gasteiger charge is 2.18. The molecule has 1 aromatic carbocycles. The van der Waals surface area contributed by atoms with Crippen molar-refractivity contribution in [1.82, 2.24) is 9.88 Å². The standard InChI is InChI=1S/C19H24N2OS/c1-15-17(14-19(22)21-11-7-2-3-8-12-21)23-18(20-15)13-16-9-5-4-6-10-16/h4-6,9-10H,2-3,7-8,11-14H2,1H3. The lowest BCUT2D eigenvalue weighted by Gasteiger charge is -2.19. The summed E-state index contributed by atoms with van der Waals surface area (Å²) in [7, 11) is 0. The van der Waals surface area contributed by atoms with Crippen LogP contribution in [0.15, 0.2) is 30.3 Å². The van der Waals surface area contributed by atoms with Crippen molar-refractivity contribution in [2.75, 3.05) is 13.1 Å². The Balaban J connectivity index is 1.65. The van der Waals surface area contributed by atoms with Gasteiger partial charge >= 0.3 is 0 Å². The number of aromatic nitrogens is 1. The molecule has 1 saturated heterocycles. The van der Waals surface area contributed by atoms with E-state index >= 15 is 0 Å². The maximum Gasteiger partial charge on any atom is 0.227 e. The van der Waals surface area contributed by atoms with E-state index < -0.39 is 0 Å². The number of amides is 1. The summed E-state index contributed by atoms with van der Waals surface area (Å²) in [6.07, 6.45) is 6.16. The van der Waals surface area contributed by atoms with E-state index in [-0.39, 0.29) is 5.91 Å². The van der Waals surface area contributed by atoms with Crippen LogP contribution in [0.1, 0.15) is 46.8 Å². The van der Waals surface area contributed by atoms with Gasteiger partial charge in [-0.3, -0.25) is 4.79 Å². The summed E-state index contributed by atoms with van der Waals surface area (Å²) in [6, 6.07) is 10.4. The second-order valence-electron chi connectivity index (χ2n) is 6.25. The monoisotopic (exact) mass is 328 g/mol. The molecule has 0 spiro atoms. The number of benzene rings is 1. The van der Waals surface area contributed by atoms with Crippen LogP contribution in [-0.2, 0) is 17.6 Å². The van der Waals surface area contributed by atoms with Gasteiger partial charge in [-0.05, 0) is 25.3 Å². The van der Waals surface area contributed by atoms with Crippen LogP contribution in [0.25, 0.3) is 0 Å². The Morgan fingerprint density at radius 2 is 1.83 bits per heavy atom. The van der Waals surface area contributed by atoms with Crippen molar-refractivity contribution >= 4 is 17.2 Å². The lowest BCUT2D eigenvalue weighted by atomic mass is 10.2. The molecular weight excluding hydrogens is 304 g/mol. The minimum atomic E-state index is 0.268. The number of nitrogens with zero attached hydrogens (tertiary/aromatic N) is 2. The van der Waals surface area contributed by atoms with E-state index in [2.05, 4.69) is 29.2 Å². The molecule has 1 fully saturated rings. The van der Waals surface area contributed by atoms with E-state index in [0.717, 1.165) is 47.9 Å². The molecule has 0 N–H and O–H groups in total. The van der Waals surface area contributed by atoms with Gasteiger partial charge in [-0.1, -0.05) is 43.2 Å². The minimum Gasteiger partial charge on any atom is -0.342 e. The first-order valence-corrected chi connectivity index (χ1v) is 9.31. The first-order valence-electron chi connectivity index (χ1n) is 8.49. The van der Waals surface area contributed by atoms with Gasteiger partial charge in [0.1, 0.15) is 0 Å². The first-order chi connectivity index (χ1) is 11.2. The zero-order chi connectivity index (χ0) is 16.1. The minimum absolute atomic E-state index is 0.268. The number of hydrogen-bond acceptors (Lipinski definition) is 3. The Kier molecular flexibility index (Phi) is 5.44. The zero-order valence-electron chi connectivity index (χ0n) is 13.8. The molecule has 0 aliphatic carbocycles. The molecule has 23 heavy (non-hydrogen) atoms. The van der Waals surface area contributed by atoms with Crippen LogP contribution < -0.4 is 0 Å². The predicted molar refractivity (Wildman–Crippen MR) is 94.9 cm³/mol. The molecule has 3 rings (SSSR count). The summed E-state index contributed by atoms with van der Waals surface area (Å²) >= 11 is 1.69. The maximum atomic E-state index is 12.5. The Hall–Kier alpha value is -1.68. The second kappa shape index (κ2) is 7.73. The van der Waals surface area contributed by atoms with Crippen LogP contribution >= 0.6 is 11.3 Å². The van der Waals surface area contributed by atoms with Gasteiger partial charge in [0.2, 0.25) is 5.91 Å². The predicted octanol–water partition coefficient (Wildman–Crippen LogP) is 3.99. The van der Waals surface area contributed by atoms with Crippen LogP contribution in [0.2, 0.25) is 0 Å². The number of rotatable bonds is 4. The average molecular weight is 328 g/mol. The van der Waals surface area contributed by atoms with Gasteiger partial charge in [0, 0.05) is 24.4 Å². The van der Waals surface area contributed by atoms with Crippen molar-refractivity contribution in [2.45, 2.75) is 45.4 Å². The molecule has 2 heterocycles. The molecule has 1 aromatic heterocycles. The van der Waals surface area contributed by atoms with E-state index in [9.17, 15) is 4.79 Å². The van der Waals surface area contributed by atoms with Crippen LogP contribution in [0.5, 0.6) is 0 Å². The van der Waals surface area contributed by atoms with Crippen LogP contribution in [0.3, 0.4) is 0 Å². The molecule has 0 saturated carbocycles. The fraction of sp³-hybridized carbons (Fsp3) is 0.474. The first kappa shape index (κ1) is 16.2. The fourth-order valence-corrected chi connectivity index (χ4v) is 4.16. The summed E-state index contributed by atoms with van der Waals surface area (Å²) in [5.41, 5.74) is 2.29. The van der Waals surface area contributed by atoms with Crippen molar-refractivity contribution in [2.24, 2.45) is 0 Å². The Labute approximate surface area is 142 Å². The van der Waals surface area contributed by atoms with Gasteiger partial charge in [0.05, 0.1) is 17.1 Å². The highest BCUT2D eigenvalue weighted by molar-refractivity contribution is 7.11. The summed E-state index contributed by atoms with van der Waals surface area (Å²) < 4.78 is 0. The summed E-state index contributed by atoms with van der Waals surface area (Å²) in [5.74, 6) is 0.268. The molecule has 1 amide bonds. The van der Waals surface area contributed by atoms with Crippen molar-refractivity contribution in [3.63, 3.8) is 0 Å². The van der Waals surface area contributed by atoms with Gasteiger partial charge in [-0.25, -0.2) is 4.98 Å². The third-order valence-corrected chi connectivity index (χ3v) is 5.56. The molecule has 1 aliphatic heterocycles. The van der Waals surface area contributed by atoms with Gasteiger partial charge in [0.25, 0.3) is 0 Å². The normalized spacial score (nSPS) is 15.4. The molecule has 122 valence electrons. The molecule has 1 aliphatic rings. The molecule has 0 unspecified atom stereocenters. The summed E-state index contributed by atoms with van der Waals surface area (Å²) in [4.78, 5) is 20.4. The summed E-state index contributed by atoms with van der Waals surface area (Å²) in [6.45, 7) is 3.87. The maximum absolute atomic E-state index is 12.5. The Morgan fingerprint density at radius 3 is 2.52 bits per heavy atom. The van der Waals surface area contributed by atoms with E-state index in [0.29, 0.717) is 6.42 Å². The van der Waals surface area contributed by atoms with Crippen LogP contribution in [0.4, 0.5) is 0 Å². The molecule has 4 heteroatoms. The lowest BCUT2D eigenvalue weighted by molar-refractivity contribution is -0.130. The topological polar surface area (TPSA) is 33.2 Å². The SMILES string of the molecule is Cc1nc(Cc2ccccc2)sc1CC(=O)N1CCCCCC1. The van der Waals surface area contributed by atoms with E-state index in [1.54, 1.807) is 11.3 Å². The van der Waals surface area contributed by atoms with E-state index in [1.807, 2.05) is 17.9 Å². The van der Waals surface area contributed by atoms with E-state index in [1.165, 1.54) is 18.4 Å².